The van der Waals surface area contributed by atoms with Gasteiger partial charge in [-0.15, -0.1) is 0 Å². The van der Waals surface area contributed by atoms with Gasteiger partial charge in [0.2, 0.25) is 0 Å². The largest absolute Gasteiger partial charge is 0.270 e. The first-order valence-corrected chi connectivity index (χ1v) is 9.78. The van der Waals surface area contributed by atoms with Crippen molar-refractivity contribution in [1.82, 2.24) is 0 Å². The molecule has 0 heterocycles. The molecule has 0 fully saturated rings. The molecule has 138 valence electrons. The van der Waals surface area contributed by atoms with Crippen LogP contribution in [0, 0.1) is 16.0 Å². The van der Waals surface area contributed by atoms with Crippen LogP contribution >= 0.6 is 0 Å². The lowest BCUT2D eigenvalue weighted by atomic mass is 9.71. The predicted molar refractivity (Wildman–Crippen MR) is 113 cm³/mol. The number of fused-ring (bicyclic) bond motifs is 4. The van der Waals surface area contributed by atoms with E-state index in [4.69, 9.17) is 0 Å². The lowest BCUT2D eigenvalue weighted by molar-refractivity contribution is -0.384. The first kappa shape index (κ1) is 16.9. The summed E-state index contributed by atoms with van der Waals surface area (Å²) in [5.41, 5.74) is 7.01. The molecule has 2 unspecified atom stereocenters. The minimum Gasteiger partial charge on any atom is -0.258 e. The molecule has 0 saturated carbocycles. The lowest BCUT2D eigenvalue weighted by Gasteiger charge is -2.33. The monoisotopic (exact) mass is 367 g/mol. The zero-order chi connectivity index (χ0) is 19.3. The summed E-state index contributed by atoms with van der Waals surface area (Å²) in [6, 6.07) is 20.1. The normalized spacial score (nSPS) is 20.8. The van der Waals surface area contributed by atoms with Crippen LogP contribution in [-0.2, 0) is 6.42 Å². The fraction of sp³-hybridized carbons (Fsp3) is 0.200. The molecule has 3 nitrogen and oxygen atoms in total. The Kier molecular flexibility index (Phi) is 3.90. The number of nitro groups is 1. The van der Waals surface area contributed by atoms with E-state index in [2.05, 4.69) is 55.5 Å². The molecule has 5 rings (SSSR count). The highest BCUT2D eigenvalue weighted by Gasteiger charge is 2.29. The molecule has 0 N–H and O–H groups in total. The van der Waals surface area contributed by atoms with E-state index in [0.29, 0.717) is 11.8 Å². The van der Waals surface area contributed by atoms with Crippen LogP contribution in [0.2, 0.25) is 0 Å². The first-order chi connectivity index (χ1) is 13.6. The Morgan fingerprint density at radius 3 is 2.61 bits per heavy atom. The lowest BCUT2D eigenvalue weighted by Crippen LogP contribution is -2.18. The average molecular weight is 367 g/mol. The van der Waals surface area contributed by atoms with Crippen molar-refractivity contribution in [2.45, 2.75) is 25.7 Å². The van der Waals surface area contributed by atoms with E-state index in [1.165, 1.54) is 27.8 Å². The second kappa shape index (κ2) is 6.45. The summed E-state index contributed by atoms with van der Waals surface area (Å²) in [7, 11) is 0. The van der Waals surface area contributed by atoms with Crippen molar-refractivity contribution in [3.8, 4) is 0 Å². The average Bonchev–Trinajstić information content (AvgIpc) is 2.73. The van der Waals surface area contributed by atoms with E-state index in [0.717, 1.165) is 23.6 Å². The topological polar surface area (TPSA) is 43.1 Å². The van der Waals surface area contributed by atoms with E-state index in [-0.39, 0.29) is 10.6 Å². The molecule has 3 heteroatoms. The fourth-order valence-electron chi connectivity index (χ4n) is 4.79. The van der Waals surface area contributed by atoms with Gasteiger partial charge >= 0.3 is 0 Å². The van der Waals surface area contributed by atoms with Crippen LogP contribution in [0.25, 0.3) is 16.3 Å². The Balaban J connectivity index is 1.59. The summed E-state index contributed by atoms with van der Waals surface area (Å²) in [5.74, 6) is 0.909. The van der Waals surface area contributed by atoms with Gasteiger partial charge in [0, 0.05) is 18.1 Å². The number of nitrogens with zero attached hydrogens (tertiary/aromatic N) is 1. The Hall–Kier alpha value is -3.20. The van der Waals surface area contributed by atoms with Gasteiger partial charge in [-0.2, -0.15) is 0 Å². The molecule has 2 aliphatic rings. The van der Waals surface area contributed by atoms with Crippen LogP contribution in [0.1, 0.15) is 36.0 Å². The number of benzene rings is 3. The quantitative estimate of drug-likeness (QED) is 0.386. The first-order valence-electron chi connectivity index (χ1n) is 9.78. The van der Waals surface area contributed by atoms with Crippen molar-refractivity contribution in [2.75, 3.05) is 0 Å². The molecule has 2 aliphatic carbocycles. The van der Waals surface area contributed by atoms with E-state index >= 15 is 0 Å². The van der Waals surface area contributed by atoms with Gasteiger partial charge in [0.05, 0.1) is 4.92 Å². The van der Waals surface area contributed by atoms with Gasteiger partial charge in [0.25, 0.3) is 5.69 Å². The van der Waals surface area contributed by atoms with Crippen LogP contribution in [0.15, 0.2) is 78.4 Å². The molecule has 2 atom stereocenters. The number of hydrogen-bond acceptors (Lipinski definition) is 2. The highest BCUT2D eigenvalue weighted by Crippen LogP contribution is 2.45. The van der Waals surface area contributed by atoms with Gasteiger partial charge in [0.15, 0.2) is 0 Å². The molecule has 0 radical (unpaired) electrons. The van der Waals surface area contributed by atoms with Crippen molar-refractivity contribution in [2.24, 2.45) is 5.92 Å². The number of hydrogen-bond donors (Lipinski definition) is 0. The van der Waals surface area contributed by atoms with Gasteiger partial charge in [-0.3, -0.25) is 10.1 Å². The molecule has 0 aromatic heterocycles. The Morgan fingerprint density at radius 2 is 1.82 bits per heavy atom. The molecule has 0 aliphatic heterocycles. The summed E-state index contributed by atoms with van der Waals surface area (Å²) in [6.07, 6.45) is 6.67. The molecule has 0 spiro atoms. The summed E-state index contributed by atoms with van der Waals surface area (Å²) in [4.78, 5) is 10.8. The zero-order valence-corrected chi connectivity index (χ0v) is 15.8. The molecule has 0 bridgehead atoms. The maximum Gasteiger partial charge on any atom is 0.270 e. The molecule has 0 saturated heterocycles. The van der Waals surface area contributed by atoms with E-state index in [1.54, 1.807) is 12.1 Å². The molecular weight excluding hydrogens is 346 g/mol. The van der Waals surface area contributed by atoms with Crippen molar-refractivity contribution < 1.29 is 4.92 Å². The third kappa shape index (κ3) is 2.66. The van der Waals surface area contributed by atoms with Gasteiger partial charge < -0.3 is 0 Å². The van der Waals surface area contributed by atoms with Crippen molar-refractivity contribution in [3.05, 3.63) is 105 Å². The molecule has 0 amide bonds. The van der Waals surface area contributed by atoms with Crippen LogP contribution < -0.4 is 0 Å². The summed E-state index contributed by atoms with van der Waals surface area (Å²) < 4.78 is 0. The third-order valence-electron chi connectivity index (χ3n) is 6.23. The highest BCUT2D eigenvalue weighted by molar-refractivity contribution is 5.95. The van der Waals surface area contributed by atoms with Gasteiger partial charge in [0.1, 0.15) is 0 Å². The second-order valence-electron chi connectivity index (χ2n) is 7.88. The van der Waals surface area contributed by atoms with E-state index < -0.39 is 0 Å². The second-order valence-corrected chi connectivity index (χ2v) is 7.88. The van der Waals surface area contributed by atoms with Gasteiger partial charge in [-0.25, -0.2) is 0 Å². The molecule has 28 heavy (non-hydrogen) atoms. The van der Waals surface area contributed by atoms with Crippen molar-refractivity contribution in [1.29, 1.82) is 0 Å². The summed E-state index contributed by atoms with van der Waals surface area (Å²) in [6.45, 7) is 2.31. The predicted octanol–water partition coefficient (Wildman–Crippen LogP) is 6.44. The standard InChI is InChI=1S/C25H21NO2/c1-16-13-25-21-12-9-20(26(27)28)14-19(21)8-11-23(25)22-10-7-18(15-24(16)22)17-5-3-2-4-6-17/h2-12,14,16,18H,13,15H2,1H3. The zero-order valence-electron chi connectivity index (χ0n) is 15.8. The Labute approximate surface area is 164 Å². The number of allylic oxidation sites excluding steroid dienone is 4. The summed E-state index contributed by atoms with van der Waals surface area (Å²) in [5, 5.41) is 13.2. The highest BCUT2D eigenvalue weighted by atomic mass is 16.6. The van der Waals surface area contributed by atoms with Crippen molar-refractivity contribution >= 4 is 22.0 Å². The fourth-order valence-corrected chi connectivity index (χ4v) is 4.79. The summed E-state index contributed by atoms with van der Waals surface area (Å²) >= 11 is 0. The van der Waals surface area contributed by atoms with Gasteiger partial charge in [-0.05, 0) is 57.9 Å². The smallest absolute Gasteiger partial charge is 0.258 e. The van der Waals surface area contributed by atoms with Crippen LogP contribution in [-0.4, -0.2) is 4.92 Å². The Bertz CT molecular complexity index is 1160. The maximum absolute atomic E-state index is 11.1. The number of rotatable bonds is 2. The van der Waals surface area contributed by atoms with Gasteiger partial charge in [-0.1, -0.05) is 67.1 Å². The Morgan fingerprint density at radius 1 is 1.00 bits per heavy atom. The molecular formula is C25H21NO2. The van der Waals surface area contributed by atoms with E-state index in [1.807, 2.05) is 12.1 Å². The maximum atomic E-state index is 11.1. The molecule has 3 aromatic rings. The van der Waals surface area contributed by atoms with Crippen molar-refractivity contribution in [3.63, 3.8) is 0 Å². The molecule has 3 aromatic carbocycles. The SMILES string of the molecule is CC1Cc2c(ccc3cc([N+](=O)[O-])ccc23)C2=C1CC(c1ccccc1)C=C2. The number of nitro benzene ring substituents is 1. The third-order valence-corrected chi connectivity index (χ3v) is 6.23. The van der Waals surface area contributed by atoms with Crippen LogP contribution in [0.4, 0.5) is 5.69 Å². The minimum atomic E-state index is -0.324. The number of non-ortho nitro benzene ring substituents is 1. The van der Waals surface area contributed by atoms with Crippen LogP contribution in [0.5, 0.6) is 0 Å². The minimum absolute atomic E-state index is 0.152. The van der Waals surface area contributed by atoms with Crippen LogP contribution in [0.3, 0.4) is 0 Å². The van der Waals surface area contributed by atoms with E-state index in [9.17, 15) is 10.1 Å².